The molecule has 0 aliphatic rings. The molecule has 1 rings (SSSR count). The summed E-state index contributed by atoms with van der Waals surface area (Å²) in [6, 6.07) is 3.73. The summed E-state index contributed by atoms with van der Waals surface area (Å²) in [6.07, 6.45) is 0. The molecule has 4 heteroatoms. The van der Waals surface area contributed by atoms with Crippen LogP contribution in [0.4, 0.5) is 0 Å². The molecule has 0 saturated heterocycles. The number of aryl methyl sites for hydroxylation is 3. The van der Waals surface area contributed by atoms with Gasteiger partial charge in [-0.3, -0.25) is 0 Å². The monoisotopic (exact) mass is 269 g/mol. The van der Waals surface area contributed by atoms with Crippen molar-refractivity contribution in [3.63, 3.8) is 0 Å². The quantitative estimate of drug-likeness (QED) is 0.913. The van der Waals surface area contributed by atoms with Gasteiger partial charge in [-0.05, 0) is 44.7 Å². The van der Waals surface area contributed by atoms with Crippen LogP contribution in [0.2, 0.25) is 0 Å². The SMILES string of the molecule is Cc1cc(C)c(S(=O)(=O)N[C@@H](C)C(C)C)c(C)c1. The van der Waals surface area contributed by atoms with Crippen LogP contribution in [-0.4, -0.2) is 14.5 Å². The van der Waals surface area contributed by atoms with Gasteiger partial charge in [0.25, 0.3) is 0 Å². The molecular weight excluding hydrogens is 246 g/mol. The van der Waals surface area contributed by atoms with Crippen molar-refractivity contribution in [1.29, 1.82) is 0 Å². The first kappa shape index (κ1) is 15.2. The highest BCUT2D eigenvalue weighted by atomic mass is 32.2. The van der Waals surface area contributed by atoms with E-state index >= 15 is 0 Å². The summed E-state index contributed by atoms with van der Waals surface area (Å²) in [6.45, 7) is 11.6. The smallest absolute Gasteiger partial charge is 0.208 e. The van der Waals surface area contributed by atoms with Gasteiger partial charge >= 0.3 is 0 Å². The minimum atomic E-state index is -3.43. The summed E-state index contributed by atoms with van der Waals surface area (Å²) < 4.78 is 27.5. The Kier molecular flexibility index (Phi) is 4.56. The zero-order valence-corrected chi connectivity index (χ0v) is 12.9. The zero-order valence-electron chi connectivity index (χ0n) is 12.0. The van der Waals surface area contributed by atoms with Crippen molar-refractivity contribution in [2.75, 3.05) is 0 Å². The lowest BCUT2D eigenvalue weighted by Crippen LogP contribution is -2.36. The van der Waals surface area contributed by atoms with Gasteiger partial charge in [-0.1, -0.05) is 31.5 Å². The molecule has 0 aromatic heterocycles. The predicted molar refractivity (Wildman–Crippen MR) is 75.3 cm³/mol. The molecule has 0 spiro atoms. The van der Waals surface area contributed by atoms with Gasteiger partial charge in [-0.15, -0.1) is 0 Å². The van der Waals surface area contributed by atoms with E-state index in [2.05, 4.69) is 4.72 Å². The average molecular weight is 269 g/mol. The van der Waals surface area contributed by atoms with Gasteiger partial charge in [-0.25, -0.2) is 13.1 Å². The van der Waals surface area contributed by atoms with Gasteiger partial charge < -0.3 is 0 Å². The van der Waals surface area contributed by atoms with Crippen LogP contribution in [0, 0.1) is 26.7 Å². The van der Waals surface area contributed by atoms with Gasteiger partial charge in [0.2, 0.25) is 10.0 Å². The molecular formula is C14H23NO2S. The Balaban J connectivity index is 3.21. The van der Waals surface area contributed by atoms with Crippen molar-refractivity contribution in [2.24, 2.45) is 5.92 Å². The number of hydrogen-bond acceptors (Lipinski definition) is 2. The molecule has 0 unspecified atom stereocenters. The Morgan fingerprint density at radius 2 is 1.44 bits per heavy atom. The highest BCUT2D eigenvalue weighted by Gasteiger charge is 2.22. The third-order valence-electron chi connectivity index (χ3n) is 3.21. The molecule has 1 aromatic carbocycles. The van der Waals surface area contributed by atoms with Crippen LogP contribution in [0.25, 0.3) is 0 Å². The summed E-state index contributed by atoms with van der Waals surface area (Å²) in [5.41, 5.74) is 2.69. The van der Waals surface area contributed by atoms with Crippen molar-refractivity contribution in [1.82, 2.24) is 4.72 Å². The number of sulfonamides is 1. The summed E-state index contributed by atoms with van der Waals surface area (Å²) in [4.78, 5) is 0.417. The maximum atomic E-state index is 12.4. The Hall–Kier alpha value is -0.870. The molecule has 18 heavy (non-hydrogen) atoms. The maximum Gasteiger partial charge on any atom is 0.241 e. The summed E-state index contributed by atoms with van der Waals surface area (Å²) in [5, 5.41) is 0. The van der Waals surface area contributed by atoms with E-state index in [1.54, 1.807) is 0 Å². The first-order chi connectivity index (χ1) is 8.15. The number of hydrogen-bond donors (Lipinski definition) is 1. The van der Waals surface area contributed by atoms with Gasteiger partial charge in [0.05, 0.1) is 4.90 Å². The fourth-order valence-electron chi connectivity index (χ4n) is 2.03. The molecule has 1 atom stereocenters. The molecule has 0 fully saturated rings. The first-order valence-electron chi connectivity index (χ1n) is 6.25. The van der Waals surface area contributed by atoms with E-state index in [0.717, 1.165) is 16.7 Å². The van der Waals surface area contributed by atoms with E-state index in [1.165, 1.54) is 0 Å². The third kappa shape index (κ3) is 3.33. The average Bonchev–Trinajstić information content (AvgIpc) is 2.13. The summed E-state index contributed by atoms with van der Waals surface area (Å²) in [5.74, 6) is 0.269. The Labute approximate surface area is 111 Å². The van der Waals surface area contributed by atoms with Crippen LogP contribution in [0.5, 0.6) is 0 Å². The second-order valence-corrected chi connectivity index (χ2v) is 7.03. The lowest BCUT2D eigenvalue weighted by atomic mass is 10.1. The lowest BCUT2D eigenvalue weighted by Gasteiger charge is -2.19. The number of nitrogens with one attached hydrogen (secondary N) is 1. The summed E-state index contributed by atoms with van der Waals surface area (Å²) >= 11 is 0. The predicted octanol–water partition coefficient (Wildman–Crippen LogP) is 2.93. The summed E-state index contributed by atoms with van der Waals surface area (Å²) in [7, 11) is -3.43. The largest absolute Gasteiger partial charge is 0.241 e. The minimum Gasteiger partial charge on any atom is -0.208 e. The highest BCUT2D eigenvalue weighted by molar-refractivity contribution is 7.89. The fourth-order valence-corrected chi connectivity index (χ4v) is 3.88. The second-order valence-electron chi connectivity index (χ2n) is 5.38. The lowest BCUT2D eigenvalue weighted by molar-refractivity contribution is 0.476. The van der Waals surface area contributed by atoms with Gasteiger partial charge in [-0.2, -0.15) is 0 Å². The second kappa shape index (κ2) is 5.41. The van der Waals surface area contributed by atoms with E-state index in [1.807, 2.05) is 53.7 Å². The third-order valence-corrected chi connectivity index (χ3v) is 5.08. The van der Waals surface area contributed by atoms with E-state index in [4.69, 9.17) is 0 Å². The Morgan fingerprint density at radius 1 is 1.00 bits per heavy atom. The van der Waals surface area contributed by atoms with Crippen molar-refractivity contribution < 1.29 is 8.42 Å². The molecule has 0 radical (unpaired) electrons. The molecule has 0 saturated carbocycles. The molecule has 0 aliphatic heterocycles. The molecule has 1 aromatic rings. The van der Waals surface area contributed by atoms with E-state index in [-0.39, 0.29) is 12.0 Å². The van der Waals surface area contributed by atoms with Crippen molar-refractivity contribution in [2.45, 2.75) is 52.5 Å². The molecule has 102 valence electrons. The minimum absolute atomic E-state index is 0.0740. The van der Waals surface area contributed by atoms with E-state index in [9.17, 15) is 8.42 Å². The van der Waals surface area contributed by atoms with Crippen molar-refractivity contribution in [3.05, 3.63) is 28.8 Å². The van der Waals surface area contributed by atoms with Crippen LogP contribution in [0.15, 0.2) is 17.0 Å². The zero-order chi connectivity index (χ0) is 14.1. The highest BCUT2D eigenvalue weighted by Crippen LogP contribution is 2.22. The molecule has 3 nitrogen and oxygen atoms in total. The van der Waals surface area contributed by atoms with Gasteiger partial charge in [0.15, 0.2) is 0 Å². The fraction of sp³-hybridized carbons (Fsp3) is 0.571. The first-order valence-corrected chi connectivity index (χ1v) is 7.73. The van der Waals surface area contributed by atoms with Crippen LogP contribution < -0.4 is 4.72 Å². The van der Waals surface area contributed by atoms with E-state index in [0.29, 0.717) is 4.90 Å². The standard InChI is InChI=1S/C14H23NO2S/c1-9(2)13(6)15-18(16,17)14-11(4)7-10(3)8-12(14)5/h7-9,13,15H,1-6H3/t13-/m0/s1. The van der Waals surface area contributed by atoms with Crippen LogP contribution in [-0.2, 0) is 10.0 Å². The molecule has 0 aliphatic carbocycles. The van der Waals surface area contributed by atoms with Crippen LogP contribution >= 0.6 is 0 Å². The Bertz CT molecular complexity index is 510. The van der Waals surface area contributed by atoms with Gasteiger partial charge in [0.1, 0.15) is 0 Å². The Morgan fingerprint density at radius 3 is 1.83 bits per heavy atom. The van der Waals surface area contributed by atoms with Crippen LogP contribution in [0.3, 0.4) is 0 Å². The molecule has 0 heterocycles. The molecule has 1 N–H and O–H groups in total. The van der Waals surface area contributed by atoms with Gasteiger partial charge in [0, 0.05) is 6.04 Å². The van der Waals surface area contributed by atoms with Crippen LogP contribution in [0.1, 0.15) is 37.5 Å². The normalized spacial score (nSPS) is 13.9. The number of rotatable bonds is 4. The molecule has 0 bridgehead atoms. The topological polar surface area (TPSA) is 46.2 Å². The van der Waals surface area contributed by atoms with E-state index < -0.39 is 10.0 Å². The molecule has 0 amide bonds. The maximum absolute atomic E-state index is 12.4. The van der Waals surface area contributed by atoms with Crippen molar-refractivity contribution in [3.8, 4) is 0 Å². The number of benzene rings is 1. The van der Waals surface area contributed by atoms with Crippen molar-refractivity contribution >= 4 is 10.0 Å².